The van der Waals surface area contributed by atoms with Crippen LogP contribution in [-0.2, 0) is 14.3 Å². The summed E-state index contributed by atoms with van der Waals surface area (Å²) < 4.78 is 11.8. The van der Waals surface area contributed by atoms with E-state index >= 15 is 0 Å². The van der Waals surface area contributed by atoms with Gasteiger partial charge in [-0.15, -0.1) is 0 Å². The molecular weight excluding hydrogens is 763 g/mol. The maximum absolute atomic E-state index is 6.11. The Labute approximate surface area is 389 Å². The highest BCUT2D eigenvalue weighted by atomic mass is 16.6. The van der Waals surface area contributed by atoms with Gasteiger partial charge in [-0.3, -0.25) is 0 Å². The summed E-state index contributed by atoms with van der Waals surface area (Å²) >= 11 is 0. The molecule has 368 valence electrons. The van der Waals surface area contributed by atoms with Gasteiger partial charge in [0.15, 0.2) is 0 Å². The number of unbranched alkanes of at least 4 members (excludes halogenated alkanes) is 6. The summed E-state index contributed by atoms with van der Waals surface area (Å²) in [5.74, 6) is 5.69. The lowest BCUT2D eigenvalue weighted by molar-refractivity contribution is -0.00882. The van der Waals surface area contributed by atoms with Crippen LogP contribution in [-0.4, -0.2) is 70.7 Å². The van der Waals surface area contributed by atoms with E-state index in [1.807, 2.05) is 27.9 Å². The minimum absolute atomic E-state index is 0.453. The van der Waals surface area contributed by atoms with Crippen molar-refractivity contribution in [2.45, 2.75) is 224 Å². The normalized spacial score (nSPS) is 24.6. The first-order chi connectivity index (χ1) is 29.9. The summed E-state index contributed by atoms with van der Waals surface area (Å²) in [5.41, 5.74) is 5.15. The van der Waals surface area contributed by atoms with E-state index in [0.29, 0.717) is 29.4 Å². The van der Waals surface area contributed by atoms with E-state index in [2.05, 4.69) is 122 Å². The Morgan fingerprint density at radius 3 is 2.18 bits per heavy atom. The van der Waals surface area contributed by atoms with Crippen molar-refractivity contribution in [3.63, 3.8) is 0 Å². The zero-order chi connectivity index (χ0) is 46.6. The van der Waals surface area contributed by atoms with E-state index in [0.717, 1.165) is 94.7 Å². The molecule has 0 amide bonds. The zero-order valence-corrected chi connectivity index (χ0v) is 44.4. The molecule has 6 heteroatoms. The summed E-state index contributed by atoms with van der Waals surface area (Å²) in [5, 5.41) is 2.75. The highest BCUT2D eigenvalue weighted by Crippen LogP contribution is 2.58. The van der Waals surface area contributed by atoms with Crippen LogP contribution in [0.4, 0.5) is 0 Å². The molecule has 1 saturated carbocycles. The fourth-order valence-electron chi connectivity index (χ4n) is 10.1. The molecule has 3 aliphatic rings. The van der Waals surface area contributed by atoms with Crippen LogP contribution < -0.4 is 10.8 Å². The van der Waals surface area contributed by atoms with Crippen molar-refractivity contribution < 1.29 is 14.3 Å². The average molecular weight is 875 g/mol. The molecule has 8 atom stereocenters. The lowest BCUT2D eigenvalue weighted by atomic mass is 9.61. The predicted octanol–water partition coefficient (Wildman–Crippen LogP) is 15.4. The van der Waals surface area contributed by atoms with E-state index in [-0.39, 0.29) is 0 Å². The molecule has 2 fully saturated rings. The molecule has 1 aliphatic carbocycles. The summed E-state index contributed by atoms with van der Waals surface area (Å²) in [7, 11) is 3.75. The Bertz CT molecular complexity index is 1090. The number of fused-ring (bicyclic) bond motifs is 1. The number of hydrogen-bond acceptors (Lipinski definition) is 6. The number of nitrogens with zero attached hydrogens (tertiary/aromatic N) is 1. The first-order valence-electron chi connectivity index (χ1n) is 26.8. The first kappa shape index (κ1) is 60.8. The van der Waals surface area contributed by atoms with Crippen LogP contribution in [0.15, 0.2) is 36.1 Å². The van der Waals surface area contributed by atoms with Crippen molar-refractivity contribution in [3.8, 4) is 0 Å². The van der Waals surface area contributed by atoms with Crippen LogP contribution in [0.25, 0.3) is 0 Å². The third kappa shape index (κ3) is 25.5. The van der Waals surface area contributed by atoms with Gasteiger partial charge in [-0.25, -0.2) is 5.48 Å². The zero-order valence-electron chi connectivity index (χ0n) is 44.4. The molecule has 0 aromatic rings. The molecule has 2 heterocycles. The smallest absolute Gasteiger partial charge is 0.0682 e. The first-order valence-corrected chi connectivity index (χ1v) is 26.8. The van der Waals surface area contributed by atoms with E-state index in [1.165, 1.54) is 96.4 Å². The van der Waals surface area contributed by atoms with Gasteiger partial charge in [-0.1, -0.05) is 158 Å². The second-order valence-electron chi connectivity index (χ2n) is 20.0. The van der Waals surface area contributed by atoms with Gasteiger partial charge < -0.3 is 24.5 Å². The molecule has 0 bridgehead atoms. The second-order valence-corrected chi connectivity index (χ2v) is 20.0. The molecule has 8 unspecified atom stereocenters. The van der Waals surface area contributed by atoms with Gasteiger partial charge in [0, 0.05) is 51.1 Å². The van der Waals surface area contributed by atoms with Gasteiger partial charge in [0.25, 0.3) is 0 Å². The predicted molar refractivity (Wildman–Crippen MR) is 275 cm³/mol. The van der Waals surface area contributed by atoms with E-state index in [1.54, 1.807) is 5.70 Å². The van der Waals surface area contributed by atoms with Crippen LogP contribution in [0, 0.1) is 46.8 Å². The van der Waals surface area contributed by atoms with Crippen molar-refractivity contribution in [1.29, 1.82) is 0 Å². The van der Waals surface area contributed by atoms with Crippen LogP contribution in [0.5, 0.6) is 0 Å². The molecule has 2 N–H and O–H groups in total. The minimum atomic E-state index is 0.453. The minimum Gasteiger partial charge on any atom is -0.381 e. The van der Waals surface area contributed by atoms with Crippen molar-refractivity contribution in [3.05, 3.63) is 36.1 Å². The van der Waals surface area contributed by atoms with Gasteiger partial charge in [0.2, 0.25) is 0 Å². The number of piperidine rings is 1. The largest absolute Gasteiger partial charge is 0.381 e. The van der Waals surface area contributed by atoms with Crippen molar-refractivity contribution >= 4 is 0 Å². The van der Waals surface area contributed by atoms with Crippen molar-refractivity contribution in [2.75, 3.05) is 53.6 Å². The van der Waals surface area contributed by atoms with E-state index in [9.17, 15) is 0 Å². The highest BCUT2D eigenvalue weighted by molar-refractivity contribution is 5.15. The van der Waals surface area contributed by atoms with Crippen LogP contribution >= 0.6 is 0 Å². The quantitative estimate of drug-likeness (QED) is 0.0444. The Morgan fingerprint density at radius 2 is 1.53 bits per heavy atom. The third-order valence-electron chi connectivity index (χ3n) is 14.4. The third-order valence-corrected chi connectivity index (χ3v) is 14.4. The molecule has 1 saturated heterocycles. The highest BCUT2D eigenvalue weighted by Gasteiger charge is 2.51. The number of allylic oxidation sites excluding steroid dienone is 5. The summed E-state index contributed by atoms with van der Waals surface area (Å²) in [6, 6.07) is 0.693. The maximum Gasteiger partial charge on any atom is 0.0682 e. The summed E-state index contributed by atoms with van der Waals surface area (Å²) in [4.78, 5) is 8.24. The second kappa shape index (κ2) is 39.0. The molecule has 2 aliphatic heterocycles. The Morgan fingerprint density at radius 1 is 0.839 bits per heavy atom. The summed E-state index contributed by atoms with van der Waals surface area (Å²) in [6.07, 6.45) is 36.3. The summed E-state index contributed by atoms with van der Waals surface area (Å²) in [6.45, 7) is 35.5. The van der Waals surface area contributed by atoms with Gasteiger partial charge in [-0.2, -0.15) is 0 Å². The molecule has 0 radical (unpaired) electrons. The molecule has 0 aromatic carbocycles. The van der Waals surface area contributed by atoms with Gasteiger partial charge >= 0.3 is 0 Å². The number of ether oxygens (including phenoxy) is 2. The molecule has 6 nitrogen and oxygen atoms in total. The number of hydrogen-bond donors (Lipinski definition) is 2. The number of nitrogens with one attached hydrogen (secondary N) is 2. The number of rotatable bonds is 29. The van der Waals surface area contributed by atoms with E-state index in [4.69, 9.17) is 14.3 Å². The molecular formula is C56H111N3O3. The maximum atomic E-state index is 6.11. The standard InChI is InChI=1S/C29H53NO.C23H45NO2.C2H7N.C2H6/c1-8-19-31-25-17-18-30-23(6)26(14-13-24(30)20-25)28-16-15-27(29(28,7)9-2)22(5)12-10-11-21(3)4;1-5-6-7-8-9-10-11-12-13-14-15-16-20-26-24-18-17-19-25-21-23(4)22(2)3;1-3-2;1-2/h13,21-23,25-28H,8-12,14-20H2,1-7H3;5-6,8-9,22-24H,7,10-21H2,1-4H3;3H,1-2H3;1-2H3/b;6-5-,9-8-;;. The van der Waals surface area contributed by atoms with E-state index < -0.39 is 0 Å². The lowest BCUT2D eigenvalue weighted by Crippen LogP contribution is -2.50. The average Bonchev–Trinajstić information content (AvgIpc) is 3.61. The van der Waals surface area contributed by atoms with Gasteiger partial charge in [0.05, 0.1) is 12.7 Å². The van der Waals surface area contributed by atoms with Crippen molar-refractivity contribution in [2.24, 2.45) is 46.8 Å². The fraction of sp³-hybridized carbons (Fsp3) is 0.893. The van der Waals surface area contributed by atoms with Crippen LogP contribution in [0.3, 0.4) is 0 Å². The Balaban J connectivity index is 0.00000110. The molecule has 0 aromatic heterocycles. The number of hydroxylamine groups is 1. The molecule has 0 spiro atoms. The Kier molecular flexibility index (Phi) is 38.3. The molecule has 3 rings (SSSR count). The fourth-order valence-corrected chi connectivity index (χ4v) is 10.1. The topological polar surface area (TPSA) is 55.0 Å². The lowest BCUT2D eigenvalue weighted by Gasteiger charge is -2.51. The van der Waals surface area contributed by atoms with Gasteiger partial charge in [0.1, 0.15) is 0 Å². The monoisotopic (exact) mass is 874 g/mol. The van der Waals surface area contributed by atoms with Gasteiger partial charge in [-0.05, 0) is 139 Å². The van der Waals surface area contributed by atoms with Crippen molar-refractivity contribution in [1.82, 2.24) is 15.7 Å². The SMILES string of the molecule is C/C=C\C/C=C\CCCCCCCCONCCCOCC(C)C(C)C.CC.CCCOC1CCN2C(=CCC(C3CCC(C(C)CCCC(C)C)C3(C)CC)C2C)C1.CNC. The Hall–Kier alpha value is -1.18. The molecule has 62 heavy (non-hydrogen) atoms. The van der Waals surface area contributed by atoms with Crippen LogP contribution in [0.2, 0.25) is 0 Å². The van der Waals surface area contributed by atoms with Crippen LogP contribution in [0.1, 0.15) is 212 Å².